The minimum atomic E-state index is 0.489. The van der Waals surface area contributed by atoms with Gasteiger partial charge in [-0.2, -0.15) is 0 Å². The van der Waals surface area contributed by atoms with Crippen molar-refractivity contribution in [3.63, 3.8) is 0 Å². The van der Waals surface area contributed by atoms with Crippen LogP contribution < -0.4 is 5.32 Å². The Bertz CT molecular complexity index is 541. The highest BCUT2D eigenvalue weighted by Crippen LogP contribution is 2.11. The number of rotatable bonds is 5. The van der Waals surface area contributed by atoms with Crippen LogP contribution in [0.5, 0.6) is 0 Å². The predicted molar refractivity (Wildman–Crippen MR) is 79.2 cm³/mol. The summed E-state index contributed by atoms with van der Waals surface area (Å²) < 4.78 is 2.28. The van der Waals surface area contributed by atoms with Crippen LogP contribution in [0, 0.1) is 13.8 Å². The highest BCUT2D eigenvalue weighted by molar-refractivity contribution is 5.23. The molecular weight excluding hydrogens is 234 g/mol. The minimum Gasteiger partial charge on any atom is -0.327 e. The molecule has 0 aliphatic heterocycles. The van der Waals surface area contributed by atoms with Gasteiger partial charge in [0.05, 0.1) is 5.69 Å². The Hall–Kier alpha value is -1.61. The number of aromatic nitrogens is 2. The van der Waals surface area contributed by atoms with E-state index in [1.807, 2.05) is 6.20 Å². The van der Waals surface area contributed by atoms with E-state index in [2.05, 4.69) is 66.8 Å². The molecule has 0 spiro atoms. The van der Waals surface area contributed by atoms with Crippen LogP contribution in [0.15, 0.2) is 30.5 Å². The van der Waals surface area contributed by atoms with Crippen LogP contribution in [0.2, 0.25) is 0 Å². The van der Waals surface area contributed by atoms with Crippen LogP contribution in [0.3, 0.4) is 0 Å². The average Bonchev–Trinajstić information content (AvgIpc) is 2.68. The normalized spacial score (nSPS) is 11.2. The number of nitrogens with zero attached hydrogens (tertiary/aromatic N) is 2. The van der Waals surface area contributed by atoms with Crippen molar-refractivity contribution < 1.29 is 0 Å². The molecule has 1 aromatic carbocycles. The molecule has 0 saturated heterocycles. The first kappa shape index (κ1) is 13.8. The van der Waals surface area contributed by atoms with Crippen molar-refractivity contribution in [1.29, 1.82) is 0 Å². The second kappa shape index (κ2) is 6.02. The topological polar surface area (TPSA) is 29.9 Å². The molecule has 1 aromatic heterocycles. The molecule has 0 aliphatic rings. The van der Waals surface area contributed by atoms with E-state index in [9.17, 15) is 0 Å². The lowest BCUT2D eigenvalue weighted by atomic mass is 10.1. The van der Waals surface area contributed by atoms with Gasteiger partial charge in [0.15, 0.2) is 0 Å². The highest BCUT2D eigenvalue weighted by atomic mass is 15.1. The number of benzene rings is 1. The van der Waals surface area contributed by atoms with E-state index in [0.29, 0.717) is 6.04 Å². The van der Waals surface area contributed by atoms with Gasteiger partial charge in [0.25, 0.3) is 0 Å². The lowest BCUT2D eigenvalue weighted by molar-refractivity contribution is 0.562. The summed E-state index contributed by atoms with van der Waals surface area (Å²) in [7, 11) is 0. The smallest absolute Gasteiger partial charge is 0.106 e. The molecule has 102 valence electrons. The van der Waals surface area contributed by atoms with Crippen LogP contribution in [0.1, 0.15) is 36.5 Å². The summed E-state index contributed by atoms with van der Waals surface area (Å²) in [6, 6.07) is 9.14. The van der Waals surface area contributed by atoms with Crippen molar-refractivity contribution in [2.24, 2.45) is 0 Å². The summed E-state index contributed by atoms with van der Waals surface area (Å²) in [5.41, 5.74) is 3.87. The van der Waals surface area contributed by atoms with Gasteiger partial charge < -0.3 is 9.88 Å². The number of aryl methyl sites for hydroxylation is 2. The number of hydrogen-bond acceptors (Lipinski definition) is 2. The van der Waals surface area contributed by atoms with Gasteiger partial charge in [0, 0.05) is 25.3 Å². The van der Waals surface area contributed by atoms with Crippen molar-refractivity contribution in [3.8, 4) is 0 Å². The van der Waals surface area contributed by atoms with Crippen LogP contribution >= 0.6 is 0 Å². The number of imidazole rings is 1. The molecule has 0 saturated carbocycles. The van der Waals surface area contributed by atoms with Crippen molar-refractivity contribution >= 4 is 0 Å². The van der Waals surface area contributed by atoms with E-state index in [1.165, 1.54) is 16.8 Å². The maximum absolute atomic E-state index is 4.44. The molecule has 1 heterocycles. The summed E-state index contributed by atoms with van der Waals surface area (Å²) >= 11 is 0. The molecule has 1 N–H and O–H groups in total. The fourth-order valence-electron chi connectivity index (χ4n) is 2.17. The monoisotopic (exact) mass is 257 g/mol. The third-order valence-electron chi connectivity index (χ3n) is 3.25. The molecule has 0 unspecified atom stereocenters. The van der Waals surface area contributed by atoms with E-state index in [4.69, 9.17) is 0 Å². The third kappa shape index (κ3) is 3.67. The molecule has 3 nitrogen and oxygen atoms in total. The van der Waals surface area contributed by atoms with E-state index in [1.54, 1.807) is 0 Å². The van der Waals surface area contributed by atoms with Gasteiger partial charge in [-0.1, -0.05) is 43.7 Å². The summed E-state index contributed by atoms with van der Waals surface area (Å²) in [4.78, 5) is 4.44. The zero-order chi connectivity index (χ0) is 13.8. The summed E-state index contributed by atoms with van der Waals surface area (Å²) in [6.07, 6.45) is 1.97. The van der Waals surface area contributed by atoms with Gasteiger partial charge in [0.2, 0.25) is 0 Å². The van der Waals surface area contributed by atoms with Crippen molar-refractivity contribution in [2.45, 2.75) is 46.8 Å². The lowest BCUT2D eigenvalue weighted by Gasteiger charge is -2.13. The molecule has 0 bridgehead atoms. The van der Waals surface area contributed by atoms with Gasteiger partial charge in [-0.05, 0) is 19.4 Å². The molecule has 2 rings (SSSR count). The van der Waals surface area contributed by atoms with Crippen LogP contribution in [-0.4, -0.2) is 15.6 Å². The molecule has 0 atom stereocenters. The second-order valence-corrected chi connectivity index (χ2v) is 5.41. The molecule has 3 heteroatoms. The first-order chi connectivity index (χ1) is 9.06. The lowest BCUT2D eigenvalue weighted by Crippen LogP contribution is -2.23. The van der Waals surface area contributed by atoms with Gasteiger partial charge in [-0.3, -0.25) is 0 Å². The van der Waals surface area contributed by atoms with Crippen LogP contribution in [0.25, 0.3) is 0 Å². The maximum Gasteiger partial charge on any atom is 0.106 e. The first-order valence-corrected chi connectivity index (χ1v) is 6.86. The highest BCUT2D eigenvalue weighted by Gasteiger charge is 2.07. The van der Waals surface area contributed by atoms with Gasteiger partial charge in [-0.25, -0.2) is 4.98 Å². The number of hydrogen-bond donors (Lipinski definition) is 1. The minimum absolute atomic E-state index is 0.489. The quantitative estimate of drug-likeness (QED) is 0.892. The molecule has 19 heavy (non-hydrogen) atoms. The number of nitrogens with one attached hydrogen (secondary N) is 1. The molecule has 0 radical (unpaired) electrons. The van der Waals surface area contributed by atoms with E-state index in [-0.39, 0.29) is 0 Å². The van der Waals surface area contributed by atoms with Crippen molar-refractivity contribution in [3.05, 3.63) is 53.1 Å². The summed E-state index contributed by atoms with van der Waals surface area (Å²) in [5.74, 6) is 1.07. The van der Waals surface area contributed by atoms with Crippen molar-refractivity contribution in [1.82, 2.24) is 14.9 Å². The Kier molecular flexibility index (Phi) is 4.38. The van der Waals surface area contributed by atoms with Gasteiger partial charge >= 0.3 is 0 Å². The van der Waals surface area contributed by atoms with Gasteiger partial charge in [-0.15, -0.1) is 0 Å². The zero-order valence-corrected chi connectivity index (χ0v) is 12.3. The molecule has 0 fully saturated rings. The Morgan fingerprint density at radius 2 is 2.05 bits per heavy atom. The zero-order valence-electron chi connectivity index (χ0n) is 12.3. The fraction of sp³-hybridized carbons (Fsp3) is 0.438. The second-order valence-electron chi connectivity index (χ2n) is 5.41. The molecule has 0 aliphatic carbocycles. The standard InChI is InChI=1S/C16H23N3/c1-12(2)17-9-16-10-18-14(4)19(16)11-15-7-5-6-13(3)8-15/h5-8,10,12,17H,9,11H2,1-4H3. The van der Waals surface area contributed by atoms with E-state index >= 15 is 0 Å². The van der Waals surface area contributed by atoms with Gasteiger partial charge in [0.1, 0.15) is 5.82 Å². The maximum atomic E-state index is 4.44. The largest absolute Gasteiger partial charge is 0.327 e. The summed E-state index contributed by atoms with van der Waals surface area (Å²) in [5, 5.41) is 3.45. The Labute approximate surface area is 115 Å². The molecular formula is C16H23N3. The Morgan fingerprint density at radius 1 is 1.26 bits per heavy atom. The average molecular weight is 257 g/mol. The fourth-order valence-corrected chi connectivity index (χ4v) is 2.17. The van der Waals surface area contributed by atoms with E-state index < -0.39 is 0 Å². The predicted octanol–water partition coefficient (Wildman–Crippen LogP) is 3.05. The molecule has 0 amide bonds. The van der Waals surface area contributed by atoms with Crippen LogP contribution in [-0.2, 0) is 13.1 Å². The third-order valence-corrected chi connectivity index (χ3v) is 3.25. The molecule has 2 aromatic rings. The Balaban J connectivity index is 2.17. The van der Waals surface area contributed by atoms with E-state index in [0.717, 1.165) is 18.9 Å². The Morgan fingerprint density at radius 3 is 2.74 bits per heavy atom. The summed E-state index contributed by atoms with van der Waals surface area (Å²) in [6.45, 7) is 10.3. The first-order valence-electron chi connectivity index (χ1n) is 6.86. The van der Waals surface area contributed by atoms with Crippen molar-refractivity contribution in [2.75, 3.05) is 0 Å². The SMILES string of the molecule is Cc1cccc(Cn2c(CNC(C)C)cnc2C)c1. The van der Waals surface area contributed by atoms with Crippen LogP contribution in [0.4, 0.5) is 0 Å².